The highest BCUT2D eigenvalue weighted by molar-refractivity contribution is 5.72. The number of carbonyl (C=O) groups excluding carboxylic acids is 1. The number of esters is 1. The van der Waals surface area contributed by atoms with Crippen LogP contribution in [0.15, 0.2) is 18.2 Å². The maximum atomic E-state index is 13.4. The van der Waals surface area contributed by atoms with Crippen molar-refractivity contribution in [1.82, 2.24) is 0 Å². The Morgan fingerprint density at radius 1 is 1.44 bits per heavy atom. The van der Waals surface area contributed by atoms with Crippen molar-refractivity contribution in [2.75, 3.05) is 27.4 Å². The van der Waals surface area contributed by atoms with E-state index in [0.717, 1.165) is 0 Å². The van der Waals surface area contributed by atoms with Crippen LogP contribution in [0.2, 0.25) is 0 Å². The van der Waals surface area contributed by atoms with Crippen LogP contribution in [0.4, 0.5) is 4.39 Å². The zero-order valence-electron chi connectivity index (χ0n) is 10.4. The lowest BCUT2D eigenvalue weighted by Gasteiger charge is -2.41. The minimum Gasteiger partial charge on any atom is -0.496 e. The molecule has 18 heavy (non-hydrogen) atoms. The van der Waals surface area contributed by atoms with Gasteiger partial charge in [-0.15, -0.1) is 0 Å². The van der Waals surface area contributed by atoms with Crippen molar-refractivity contribution in [2.45, 2.75) is 11.8 Å². The Kier molecular flexibility index (Phi) is 3.52. The van der Waals surface area contributed by atoms with Gasteiger partial charge in [-0.3, -0.25) is 4.79 Å². The van der Waals surface area contributed by atoms with Crippen LogP contribution in [0.3, 0.4) is 0 Å². The lowest BCUT2D eigenvalue weighted by molar-refractivity contribution is -0.148. The fraction of sp³-hybridized carbons (Fsp3) is 0.462. The van der Waals surface area contributed by atoms with Crippen molar-refractivity contribution in [3.8, 4) is 5.75 Å². The fourth-order valence-electron chi connectivity index (χ4n) is 2.14. The number of carbonyl (C=O) groups is 1. The number of hydrogen-bond acceptors (Lipinski definition) is 4. The van der Waals surface area contributed by atoms with Crippen molar-refractivity contribution in [1.29, 1.82) is 0 Å². The summed E-state index contributed by atoms with van der Waals surface area (Å²) in [6, 6.07) is 4.28. The van der Waals surface area contributed by atoms with Crippen LogP contribution in [-0.2, 0) is 19.7 Å². The van der Waals surface area contributed by atoms with Crippen molar-refractivity contribution in [3.05, 3.63) is 29.6 Å². The SMILES string of the molecule is COC(=O)CC1(c2cc(F)ccc2OC)COC1. The minimum absolute atomic E-state index is 0.156. The van der Waals surface area contributed by atoms with Crippen LogP contribution in [-0.4, -0.2) is 33.4 Å². The van der Waals surface area contributed by atoms with Gasteiger partial charge in [-0.25, -0.2) is 4.39 Å². The maximum absolute atomic E-state index is 13.4. The molecule has 1 heterocycles. The molecule has 0 spiro atoms. The predicted molar refractivity (Wildman–Crippen MR) is 62.1 cm³/mol. The number of hydrogen-bond donors (Lipinski definition) is 0. The molecule has 0 atom stereocenters. The van der Waals surface area contributed by atoms with Gasteiger partial charge in [0.25, 0.3) is 0 Å². The Morgan fingerprint density at radius 3 is 2.67 bits per heavy atom. The molecule has 98 valence electrons. The molecular formula is C13H15FO4. The molecule has 1 aromatic rings. The summed E-state index contributed by atoms with van der Waals surface area (Å²) in [4.78, 5) is 11.5. The molecule has 1 saturated heterocycles. The van der Waals surface area contributed by atoms with E-state index in [1.807, 2.05) is 0 Å². The lowest BCUT2D eigenvalue weighted by Crippen LogP contribution is -2.48. The second-order valence-corrected chi connectivity index (χ2v) is 4.37. The van der Waals surface area contributed by atoms with Crippen molar-refractivity contribution < 1.29 is 23.4 Å². The van der Waals surface area contributed by atoms with Crippen molar-refractivity contribution in [2.24, 2.45) is 0 Å². The fourth-order valence-corrected chi connectivity index (χ4v) is 2.14. The molecule has 1 aliphatic heterocycles. The summed E-state index contributed by atoms with van der Waals surface area (Å²) in [5.41, 5.74) is 0.113. The third-order valence-electron chi connectivity index (χ3n) is 3.20. The van der Waals surface area contributed by atoms with Crippen LogP contribution in [0.1, 0.15) is 12.0 Å². The van der Waals surface area contributed by atoms with Crippen LogP contribution in [0, 0.1) is 5.82 Å². The van der Waals surface area contributed by atoms with E-state index in [9.17, 15) is 9.18 Å². The second-order valence-electron chi connectivity index (χ2n) is 4.37. The minimum atomic E-state index is -0.541. The first-order chi connectivity index (χ1) is 8.61. The number of rotatable bonds is 4. The zero-order chi connectivity index (χ0) is 13.2. The average molecular weight is 254 g/mol. The van der Waals surface area contributed by atoms with Crippen LogP contribution in [0.5, 0.6) is 5.75 Å². The molecule has 2 rings (SSSR count). The van der Waals surface area contributed by atoms with Gasteiger partial charge < -0.3 is 14.2 Å². The van der Waals surface area contributed by atoms with Crippen LogP contribution in [0.25, 0.3) is 0 Å². The van der Waals surface area contributed by atoms with Gasteiger partial charge in [0, 0.05) is 5.56 Å². The van der Waals surface area contributed by atoms with E-state index >= 15 is 0 Å². The Hall–Kier alpha value is -1.62. The molecule has 0 aromatic heterocycles. The molecule has 1 aromatic carbocycles. The van der Waals surface area contributed by atoms with E-state index in [4.69, 9.17) is 9.47 Å². The Bertz CT molecular complexity index is 454. The summed E-state index contributed by atoms with van der Waals surface area (Å²) in [6.07, 6.45) is 0.156. The van der Waals surface area contributed by atoms with Gasteiger partial charge in [0.15, 0.2) is 0 Å². The van der Waals surface area contributed by atoms with Crippen molar-refractivity contribution >= 4 is 5.97 Å². The third-order valence-corrected chi connectivity index (χ3v) is 3.20. The summed E-state index contributed by atoms with van der Waals surface area (Å²) < 4.78 is 28.5. The van der Waals surface area contributed by atoms with E-state index in [0.29, 0.717) is 24.5 Å². The van der Waals surface area contributed by atoms with Gasteiger partial charge in [-0.05, 0) is 18.2 Å². The standard InChI is InChI=1S/C13H15FO4/c1-16-11-4-3-9(14)5-10(11)13(7-18-8-13)6-12(15)17-2/h3-5H,6-8H2,1-2H3. The zero-order valence-corrected chi connectivity index (χ0v) is 10.4. The molecule has 0 amide bonds. The monoisotopic (exact) mass is 254 g/mol. The van der Waals surface area contributed by atoms with Crippen molar-refractivity contribution in [3.63, 3.8) is 0 Å². The van der Waals surface area contributed by atoms with E-state index in [1.54, 1.807) is 6.07 Å². The first-order valence-corrected chi connectivity index (χ1v) is 5.60. The molecule has 0 unspecified atom stereocenters. The van der Waals surface area contributed by atoms with E-state index < -0.39 is 5.41 Å². The number of ether oxygens (including phenoxy) is 3. The lowest BCUT2D eigenvalue weighted by atomic mass is 9.75. The average Bonchev–Trinajstić information content (AvgIpc) is 2.33. The maximum Gasteiger partial charge on any atom is 0.306 e. The van der Waals surface area contributed by atoms with Gasteiger partial charge in [-0.2, -0.15) is 0 Å². The van der Waals surface area contributed by atoms with Gasteiger partial charge in [0.05, 0.1) is 39.3 Å². The quantitative estimate of drug-likeness (QED) is 0.767. The Labute approximate surface area is 105 Å². The Balaban J connectivity index is 2.37. The summed E-state index contributed by atoms with van der Waals surface area (Å²) in [7, 11) is 2.85. The number of benzene rings is 1. The first kappa shape index (κ1) is 12.8. The summed E-state index contributed by atoms with van der Waals surface area (Å²) in [6.45, 7) is 0.726. The molecule has 4 nitrogen and oxygen atoms in total. The van der Waals surface area contributed by atoms with Crippen LogP contribution < -0.4 is 4.74 Å². The predicted octanol–water partition coefficient (Wildman–Crippen LogP) is 1.67. The normalized spacial score (nSPS) is 16.8. The highest BCUT2D eigenvalue weighted by atomic mass is 19.1. The van der Waals surface area contributed by atoms with Gasteiger partial charge in [-0.1, -0.05) is 0 Å². The molecule has 0 saturated carbocycles. The first-order valence-electron chi connectivity index (χ1n) is 5.60. The summed E-state index contributed by atoms with van der Waals surface area (Å²) in [5.74, 6) is -0.143. The molecule has 0 N–H and O–H groups in total. The number of methoxy groups -OCH3 is 2. The molecule has 1 fully saturated rings. The highest BCUT2D eigenvalue weighted by Gasteiger charge is 2.44. The molecular weight excluding hydrogens is 239 g/mol. The summed E-state index contributed by atoms with van der Waals surface area (Å²) >= 11 is 0. The topological polar surface area (TPSA) is 44.8 Å². The Morgan fingerprint density at radius 2 is 2.17 bits per heavy atom. The van der Waals surface area contributed by atoms with Gasteiger partial charge in [0.2, 0.25) is 0 Å². The molecule has 0 bridgehead atoms. The van der Waals surface area contributed by atoms with Gasteiger partial charge in [0.1, 0.15) is 11.6 Å². The van der Waals surface area contributed by atoms with E-state index in [-0.39, 0.29) is 18.2 Å². The van der Waals surface area contributed by atoms with Gasteiger partial charge >= 0.3 is 5.97 Å². The molecule has 0 aliphatic carbocycles. The van der Waals surface area contributed by atoms with E-state index in [2.05, 4.69) is 4.74 Å². The van der Waals surface area contributed by atoms with E-state index in [1.165, 1.54) is 26.4 Å². The second kappa shape index (κ2) is 4.94. The third kappa shape index (κ3) is 2.18. The molecule has 0 radical (unpaired) electrons. The number of halogens is 1. The highest BCUT2D eigenvalue weighted by Crippen LogP contribution is 2.41. The molecule has 1 aliphatic rings. The largest absolute Gasteiger partial charge is 0.496 e. The molecule has 5 heteroatoms. The van der Waals surface area contributed by atoms with Crippen LogP contribution >= 0.6 is 0 Å². The smallest absolute Gasteiger partial charge is 0.306 e. The summed E-state index contributed by atoms with van der Waals surface area (Å²) in [5, 5.41) is 0.